The Morgan fingerprint density at radius 3 is 2.16 bits per heavy atom. The molecule has 0 saturated carbocycles. The van der Waals surface area contributed by atoms with Crippen LogP contribution in [-0.4, -0.2) is 0 Å². The number of rotatable bonds is 4. The molecule has 0 atom stereocenters. The van der Waals surface area contributed by atoms with Gasteiger partial charge in [-0.25, -0.2) is 0 Å². The van der Waals surface area contributed by atoms with E-state index in [2.05, 4.69) is 0 Å². The largest absolute Gasteiger partial charge is 0.456 e. The van der Waals surface area contributed by atoms with Crippen molar-refractivity contribution in [2.24, 2.45) is 0 Å². The number of hydrogen-bond acceptors (Lipinski definition) is 3. The summed E-state index contributed by atoms with van der Waals surface area (Å²) >= 11 is 0. The number of anilines is 3. The predicted octanol–water partition coefficient (Wildman–Crippen LogP) is 11.8. The highest BCUT2D eigenvalue weighted by atomic mass is 16.3. The smallest absolute Gasteiger partial charge is 0.143 e. The van der Waals surface area contributed by atoms with Gasteiger partial charge in [-0.3, -0.25) is 0 Å². The molecule has 7 aromatic carbocycles. The normalized spacial score (nSPS) is 16.9. The van der Waals surface area contributed by atoms with Crippen molar-refractivity contribution in [3.05, 3.63) is 151 Å². The van der Waals surface area contributed by atoms with Gasteiger partial charge in [-0.05, 0) is 77.0 Å². The molecule has 0 saturated heterocycles. The first-order chi connectivity index (χ1) is 28.0. The molecule has 0 aliphatic carbocycles. The second kappa shape index (κ2) is 9.37. The zero-order chi connectivity index (χ0) is 42.3. The maximum absolute atomic E-state index is 9.46. The van der Waals surface area contributed by atoms with Gasteiger partial charge >= 0.3 is 0 Å². The molecule has 202 valence electrons. The molecule has 43 heavy (non-hydrogen) atoms. The second-order valence-corrected chi connectivity index (χ2v) is 9.71. The van der Waals surface area contributed by atoms with Crippen LogP contribution in [0.4, 0.5) is 17.1 Å². The van der Waals surface area contributed by atoms with E-state index in [1.807, 2.05) is 30.3 Å². The molecule has 0 bridgehead atoms. The number of hydrogen-bond donors (Lipinski definition) is 0. The molecule has 3 heteroatoms. The molecular formula is C40H25NO2. The van der Waals surface area contributed by atoms with Gasteiger partial charge in [0.2, 0.25) is 0 Å². The Morgan fingerprint density at radius 1 is 0.488 bits per heavy atom. The predicted molar refractivity (Wildman–Crippen MR) is 179 cm³/mol. The van der Waals surface area contributed by atoms with E-state index in [1.165, 1.54) is 6.07 Å². The molecule has 0 fully saturated rings. The Bertz CT molecular complexity index is 3320. The van der Waals surface area contributed by atoms with Crippen LogP contribution in [0.2, 0.25) is 0 Å². The third-order valence-corrected chi connectivity index (χ3v) is 7.29. The third kappa shape index (κ3) is 3.75. The van der Waals surface area contributed by atoms with E-state index < -0.39 is 125 Å². The highest BCUT2D eigenvalue weighted by molar-refractivity contribution is 6.19. The lowest BCUT2D eigenvalue weighted by molar-refractivity contribution is 0.669. The van der Waals surface area contributed by atoms with Crippen LogP contribution in [0.15, 0.2) is 160 Å². The standard InChI is InChI=1S/C40H25NO2/c1-2-10-29(11-3-1)41(35-14-8-16-38-39(35)33-23-19-27-9-4-5-12-31(27)40(33)43-38)30-21-17-26(18-22-30)28-20-24-37-34(25-28)32-13-6-7-15-36(32)42-37/h1-25H/i1D,2D,3D,6D,7D,10D,11D,13D,15D,17D,18D,20D,21D,22D,24D,25D. The lowest BCUT2D eigenvalue weighted by Crippen LogP contribution is -2.10. The van der Waals surface area contributed by atoms with Crippen molar-refractivity contribution in [1.82, 2.24) is 0 Å². The number of para-hydroxylation sites is 2. The number of nitrogens with zero attached hydrogens (tertiary/aromatic N) is 1. The van der Waals surface area contributed by atoms with Gasteiger partial charge in [-0.2, -0.15) is 0 Å². The molecule has 9 aromatic rings. The van der Waals surface area contributed by atoms with Crippen LogP contribution < -0.4 is 4.90 Å². The topological polar surface area (TPSA) is 29.5 Å². The Labute approximate surface area is 270 Å². The van der Waals surface area contributed by atoms with Gasteiger partial charge in [0.15, 0.2) is 0 Å². The molecule has 0 aliphatic rings. The average molecular weight is 568 g/mol. The third-order valence-electron chi connectivity index (χ3n) is 7.29. The van der Waals surface area contributed by atoms with Crippen LogP contribution in [0.5, 0.6) is 0 Å². The van der Waals surface area contributed by atoms with Gasteiger partial charge in [0.25, 0.3) is 0 Å². The maximum atomic E-state index is 9.46. The van der Waals surface area contributed by atoms with Crippen LogP contribution in [0.25, 0.3) is 65.8 Å². The van der Waals surface area contributed by atoms with E-state index in [-0.39, 0.29) is 22.0 Å². The van der Waals surface area contributed by atoms with Crippen LogP contribution in [-0.2, 0) is 0 Å². The highest BCUT2D eigenvalue weighted by Gasteiger charge is 2.20. The molecule has 2 heterocycles. The lowest BCUT2D eigenvalue weighted by atomic mass is 10.0. The number of furan rings is 2. The Hall–Kier alpha value is -5.80. The molecule has 0 spiro atoms. The summed E-state index contributed by atoms with van der Waals surface area (Å²) in [6, 6.07) is 4.51. The van der Waals surface area contributed by atoms with Crippen LogP contribution in [0.1, 0.15) is 21.9 Å². The zero-order valence-electron chi connectivity index (χ0n) is 38.0. The van der Waals surface area contributed by atoms with E-state index in [1.54, 1.807) is 18.2 Å². The van der Waals surface area contributed by atoms with Crippen molar-refractivity contribution < 1.29 is 30.8 Å². The first-order valence-corrected chi connectivity index (χ1v) is 13.2. The fourth-order valence-electron chi connectivity index (χ4n) is 5.40. The summed E-state index contributed by atoms with van der Waals surface area (Å²) in [5.74, 6) is 0. The van der Waals surface area contributed by atoms with Crippen molar-refractivity contribution in [3.8, 4) is 11.1 Å². The first kappa shape index (κ1) is 13.0. The molecule has 0 radical (unpaired) electrons. The van der Waals surface area contributed by atoms with E-state index in [0.717, 1.165) is 15.7 Å². The average Bonchev–Trinajstić information content (AvgIpc) is 3.83. The van der Waals surface area contributed by atoms with Gasteiger partial charge in [0, 0.05) is 32.9 Å². The maximum Gasteiger partial charge on any atom is 0.143 e. The minimum Gasteiger partial charge on any atom is -0.456 e. The molecule has 0 N–H and O–H groups in total. The summed E-state index contributed by atoms with van der Waals surface area (Å²) in [7, 11) is 0. The summed E-state index contributed by atoms with van der Waals surface area (Å²) in [6.07, 6.45) is 0. The fraction of sp³-hybridized carbons (Fsp3) is 0. The van der Waals surface area contributed by atoms with Crippen molar-refractivity contribution in [2.75, 3.05) is 4.90 Å². The molecule has 0 unspecified atom stereocenters. The minimum atomic E-state index is -0.816. The quantitative estimate of drug-likeness (QED) is 0.212. The van der Waals surface area contributed by atoms with Crippen molar-refractivity contribution >= 4 is 71.7 Å². The van der Waals surface area contributed by atoms with Crippen molar-refractivity contribution in [3.63, 3.8) is 0 Å². The fourth-order valence-corrected chi connectivity index (χ4v) is 5.40. The second-order valence-electron chi connectivity index (χ2n) is 9.71. The summed E-state index contributed by atoms with van der Waals surface area (Å²) in [4.78, 5) is 1.07. The van der Waals surface area contributed by atoms with Crippen LogP contribution in [0.3, 0.4) is 0 Å². The van der Waals surface area contributed by atoms with Gasteiger partial charge in [0.1, 0.15) is 22.3 Å². The first-order valence-electron chi connectivity index (χ1n) is 21.2. The van der Waals surface area contributed by atoms with Crippen molar-refractivity contribution in [1.29, 1.82) is 0 Å². The molecular weight excluding hydrogens is 526 g/mol. The zero-order valence-corrected chi connectivity index (χ0v) is 22.0. The number of benzene rings is 7. The van der Waals surface area contributed by atoms with Crippen molar-refractivity contribution in [2.45, 2.75) is 0 Å². The molecule has 9 rings (SSSR count). The summed E-state index contributed by atoms with van der Waals surface area (Å²) < 4.78 is 153. The van der Waals surface area contributed by atoms with E-state index in [4.69, 9.17) is 23.9 Å². The summed E-state index contributed by atoms with van der Waals surface area (Å²) in [5.41, 5.74) is -2.11. The Kier molecular flexibility index (Phi) is 2.84. The molecule has 3 nitrogen and oxygen atoms in total. The molecule has 0 amide bonds. The highest BCUT2D eigenvalue weighted by Crippen LogP contribution is 2.44. The van der Waals surface area contributed by atoms with Gasteiger partial charge in [-0.1, -0.05) is 90.8 Å². The molecule has 0 aliphatic heterocycles. The SMILES string of the molecule is [2H]c1c([2H])c([2H])c(N(c2c([2H])c([2H])c(-c3c([2H])c([2H])c4oc5c([2H])c([2H])c([2H])c([2H])c5c4c3[2H])c([2H])c2[2H])c2cccc3oc4c5ccccc5ccc4c23)c([2H])c1[2H]. The Balaban J connectivity index is 1.40. The summed E-state index contributed by atoms with van der Waals surface area (Å²) in [5, 5.41) is 1.95. The monoisotopic (exact) mass is 567 g/mol. The van der Waals surface area contributed by atoms with Crippen LogP contribution >= 0.6 is 0 Å². The van der Waals surface area contributed by atoms with E-state index in [0.29, 0.717) is 21.9 Å². The van der Waals surface area contributed by atoms with Gasteiger partial charge in [-0.15, -0.1) is 0 Å². The van der Waals surface area contributed by atoms with Crippen LogP contribution in [0, 0.1) is 0 Å². The Morgan fingerprint density at radius 2 is 1.26 bits per heavy atom. The lowest BCUT2D eigenvalue weighted by Gasteiger charge is -2.26. The van der Waals surface area contributed by atoms with Gasteiger partial charge < -0.3 is 13.7 Å². The summed E-state index contributed by atoms with van der Waals surface area (Å²) in [6.45, 7) is 0. The number of fused-ring (bicyclic) bond motifs is 8. The van der Waals surface area contributed by atoms with E-state index in [9.17, 15) is 6.85 Å². The minimum absolute atomic E-state index is 0.0832. The van der Waals surface area contributed by atoms with E-state index >= 15 is 0 Å². The van der Waals surface area contributed by atoms with Gasteiger partial charge in [0.05, 0.1) is 33.0 Å². The molecule has 2 aromatic heterocycles.